The predicted molar refractivity (Wildman–Crippen MR) is 125 cm³/mol. The van der Waals surface area contributed by atoms with E-state index in [9.17, 15) is 9.59 Å². The fourth-order valence-electron chi connectivity index (χ4n) is 0.380. The fraction of sp³-hybridized carbons (Fsp3) is 0.810. The van der Waals surface area contributed by atoms with E-state index < -0.39 is 0 Å². The third kappa shape index (κ3) is 138. The summed E-state index contributed by atoms with van der Waals surface area (Å²) < 4.78 is 8.63. The van der Waals surface area contributed by atoms with Crippen LogP contribution in [-0.2, 0) is 24.0 Å². The highest BCUT2D eigenvalue weighted by Crippen LogP contribution is 1.91. The van der Waals surface area contributed by atoms with Crippen molar-refractivity contribution in [3.8, 4) is 11.8 Å². The van der Waals surface area contributed by atoms with E-state index in [2.05, 4.69) is 26.2 Å². The van der Waals surface area contributed by atoms with Gasteiger partial charge in [-0.1, -0.05) is 72.8 Å². The van der Waals surface area contributed by atoms with Crippen molar-refractivity contribution < 1.29 is 29.2 Å². The Kier molecular flexibility index (Phi) is 201. The lowest BCUT2D eigenvalue weighted by Crippen LogP contribution is -2.07. The SMILES string of the molecule is C.C.C.C.C.C.C.CC#CC.CCC(=O)OC.COC(=O)C(C)C.COO. The average Bonchev–Trinajstić information content (AvgIpc) is 2.46. The maximum absolute atomic E-state index is 10.3. The molecule has 0 aromatic carbocycles. The number of esters is 2. The zero-order valence-electron chi connectivity index (χ0n) is 13.8. The Bertz CT molecular complexity index is 254. The first-order valence-electron chi connectivity index (χ1n) is 5.98. The van der Waals surface area contributed by atoms with E-state index >= 15 is 0 Å². The van der Waals surface area contributed by atoms with Crippen LogP contribution < -0.4 is 0 Å². The van der Waals surface area contributed by atoms with Crippen LogP contribution in [0.5, 0.6) is 0 Å². The number of carbonyl (C=O) groups excluding carboxylic acids is 2. The van der Waals surface area contributed by atoms with Crippen molar-refractivity contribution >= 4 is 11.9 Å². The lowest BCUT2D eigenvalue weighted by Gasteiger charge is -1.97. The summed E-state index contributed by atoms with van der Waals surface area (Å²) in [5.74, 6) is 5.06. The molecule has 0 saturated carbocycles. The molecule has 6 nitrogen and oxygen atoms in total. The number of ether oxygens (including phenoxy) is 2. The summed E-state index contributed by atoms with van der Waals surface area (Å²) in [7, 11) is 3.95. The molecule has 0 fully saturated rings. The second kappa shape index (κ2) is 74.4. The minimum atomic E-state index is -0.157. The van der Waals surface area contributed by atoms with E-state index in [1.54, 1.807) is 20.8 Å². The van der Waals surface area contributed by atoms with E-state index in [4.69, 9.17) is 5.26 Å². The van der Waals surface area contributed by atoms with Gasteiger partial charge >= 0.3 is 11.9 Å². The normalized spacial score (nSPS) is 5.26. The maximum Gasteiger partial charge on any atom is 0.308 e. The first-order chi connectivity index (χ1) is 9.32. The Labute approximate surface area is 173 Å². The van der Waals surface area contributed by atoms with Gasteiger partial charge in [0.05, 0.1) is 27.2 Å². The quantitative estimate of drug-likeness (QED) is 0.231. The Balaban J connectivity index is -0.0000000134. The molecule has 0 unspecified atom stereocenters. The molecule has 0 aliphatic rings. The standard InChI is InChI=1S/C5H10O2.C4H8O2.C4H6.CH4O2.7CH4/c1-4(2)5(6)7-3;1-3-4(5)6-2;1-3-4-2;1-3-2;;;;;;;/h4H,1-3H3;3H2,1-2H3;1-2H3;2H,1H3;7*1H4. The number of methoxy groups -OCH3 is 2. The van der Waals surface area contributed by atoms with Crippen LogP contribution in [0.4, 0.5) is 0 Å². The van der Waals surface area contributed by atoms with Gasteiger partial charge in [-0.05, 0) is 13.8 Å². The summed E-state index contributed by atoms with van der Waals surface area (Å²) in [6, 6.07) is 0. The minimum absolute atomic E-state index is 0. The minimum Gasteiger partial charge on any atom is -0.469 e. The van der Waals surface area contributed by atoms with Gasteiger partial charge < -0.3 is 9.47 Å². The predicted octanol–water partition coefficient (Wildman–Crippen LogP) is 6.97. The van der Waals surface area contributed by atoms with Gasteiger partial charge in [-0.25, -0.2) is 4.89 Å². The second-order valence-electron chi connectivity index (χ2n) is 3.29. The third-order valence-corrected chi connectivity index (χ3v) is 1.44. The molecule has 0 saturated heterocycles. The molecule has 6 heteroatoms. The molecule has 0 aromatic rings. The molecule has 0 aliphatic heterocycles. The molecule has 0 spiro atoms. The van der Waals surface area contributed by atoms with E-state index in [1.807, 2.05) is 13.8 Å². The van der Waals surface area contributed by atoms with Crippen LogP contribution >= 0.6 is 0 Å². The van der Waals surface area contributed by atoms with Crippen molar-refractivity contribution in [2.24, 2.45) is 5.92 Å². The highest BCUT2D eigenvalue weighted by Gasteiger charge is 2.03. The van der Waals surface area contributed by atoms with Crippen LogP contribution in [0.2, 0.25) is 0 Å². The third-order valence-electron chi connectivity index (χ3n) is 1.44. The molecule has 0 aromatic heterocycles. The molecule has 0 amide bonds. The molecule has 0 radical (unpaired) electrons. The van der Waals surface area contributed by atoms with Crippen LogP contribution in [0.15, 0.2) is 0 Å². The molecule has 0 aliphatic carbocycles. The highest BCUT2D eigenvalue weighted by molar-refractivity contribution is 5.71. The van der Waals surface area contributed by atoms with Crippen LogP contribution in [-0.4, -0.2) is 38.5 Å². The van der Waals surface area contributed by atoms with Crippen LogP contribution in [0.1, 0.15) is 93.0 Å². The van der Waals surface area contributed by atoms with Gasteiger partial charge in [0.25, 0.3) is 0 Å². The average molecular weight is 405 g/mol. The summed E-state index contributed by atoms with van der Waals surface area (Å²) in [5, 5.41) is 7.07. The zero-order valence-corrected chi connectivity index (χ0v) is 13.8. The largest absolute Gasteiger partial charge is 0.469 e. The number of hydrogen-bond acceptors (Lipinski definition) is 6. The van der Waals surface area contributed by atoms with Gasteiger partial charge in [-0.3, -0.25) is 14.8 Å². The van der Waals surface area contributed by atoms with Crippen LogP contribution in [0.25, 0.3) is 0 Å². The monoisotopic (exact) mass is 404 g/mol. The zero-order chi connectivity index (χ0) is 17.0. The molecule has 0 heterocycles. The van der Waals surface area contributed by atoms with E-state index in [0.29, 0.717) is 6.42 Å². The van der Waals surface area contributed by atoms with Gasteiger partial charge in [0, 0.05) is 6.42 Å². The van der Waals surface area contributed by atoms with Crippen molar-refractivity contribution in [3.63, 3.8) is 0 Å². The summed E-state index contributed by atoms with van der Waals surface area (Å²) >= 11 is 0. The van der Waals surface area contributed by atoms with Gasteiger partial charge in [0.1, 0.15) is 0 Å². The Morgan fingerprint density at radius 3 is 1.07 bits per heavy atom. The first-order valence-corrected chi connectivity index (χ1v) is 5.98. The molecule has 176 valence electrons. The van der Waals surface area contributed by atoms with Gasteiger partial charge in [0.15, 0.2) is 0 Å². The van der Waals surface area contributed by atoms with E-state index in [0.717, 1.165) is 0 Å². The lowest BCUT2D eigenvalue weighted by atomic mass is 10.2. The van der Waals surface area contributed by atoms with Gasteiger partial charge in [-0.2, -0.15) is 0 Å². The Morgan fingerprint density at radius 2 is 1.07 bits per heavy atom. The number of carbonyl (C=O) groups is 2. The maximum atomic E-state index is 10.3. The number of rotatable bonds is 2. The van der Waals surface area contributed by atoms with Gasteiger partial charge in [0.2, 0.25) is 0 Å². The molecule has 27 heavy (non-hydrogen) atoms. The molecular formula is C21H56O6. The molecule has 0 bridgehead atoms. The number of hydrogen-bond donors (Lipinski definition) is 1. The van der Waals surface area contributed by atoms with Crippen molar-refractivity contribution in [1.29, 1.82) is 0 Å². The summed E-state index contributed by atoms with van der Waals surface area (Å²) in [4.78, 5) is 23.5. The lowest BCUT2D eigenvalue weighted by molar-refractivity contribution is -0.214. The van der Waals surface area contributed by atoms with E-state index in [-0.39, 0.29) is 69.8 Å². The van der Waals surface area contributed by atoms with E-state index in [1.165, 1.54) is 21.3 Å². The smallest absolute Gasteiger partial charge is 0.308 e. The Hall–Kier alpha value is -1.58. The summed E-state index contributed by atoms with van der Waals surface area (Å²) in [6.45, 7) is 8.99. The van der Waals surface area contributed by atoms with Gasteiger partial charge in [-0.15, -0.1) is 11.8 Å². The second-order valence-corrected chi connectivity index (χ2v) is 3.29. The molecule has 0 rings (SSSR count). The first kappa shape index (κ1) is 72.9. The topological polar surface area (TPSA) is 82.1 Å². The molecular weight excluding hydrogens is 348 g/mol. The molecule has 0 atom stereocenters. The fourth-order valence-corrected chi connectivity index (χ4v) is 0.380. The summed E-state index contributed by atoms with van der Waals surface area (Å²) in [6.07, 6.45) is 0.469. The van der Waals surface area contributed by atoms with Crippen molar-refractivity contribution in [2.45, 2.75) is 93.0 Å². The summed E-state index contributed by atoms with van der Waals surface area (Å²) in [5.41, 5.74) is 0. The Morgan fingerprint density at radius 1 is 0.815 bits per heavy atom. The van der Waals surface area contributed by atoms with Crippen LogP contribution in [0.3, 0.4) is 0 Å². The molecule has 1 N–H and O–H groups in total. The van der Waals surface area contributed by atoms with Crippen molar-refractivity contribution in [2.75, 3.05) is 21.3 Å². The van der Waals surface area contributed by atoms with Crippen molar-refractivity contribution in [1.82, 2.24) is 0 Å². The highest BCUT2D eigenvalue weighted by atomic mass is 17.1. The van der Waals surface area contributed by atoms with Crippen molar-refractivity contribution in [3.05, 3.63) is 0 Å². The van der Waals surface area contributed by atoms with Crippen LogP contribution in [0, 0.1) is 17.8 Å².